The number of aryl methyl sites for hydroxylation is 1. The van der Waals surface area contributed by atoms with E-state index in [1.54, 1.807) is 31.2 Å². The zero-order valence-electron chi connectivity index (χ0n) is 18.4. The van der Waals surface area contributed by atoms with Gasteiger partial charge in [-0.15, -0.1) is 11.3 Å². The lowest BCUT2D eigenvalue weighted by molar-refractivity contribution is -0.112. The van der Waals surface area contributed by atoms with Crippen molar-refractivity contribution in [2.45, 2.75) is 42.6 Å². The SMILES string of the molecule is CCOC(=O)c1c(NC(=O)C(C#N)=Cc2ccc(Sc3ccc(Cl)cc3)o2)sc2c1CCCC2. The second kappa shape index (κ2) is 11.0. The molecule has 1 N–H and O–H groups in total. The van der Waals surface area contributed by atoms with Gasteiger partial charge >= 0.3 is 5.97 Å². The molecule has 4 rings (SSSR count). The second-order valence-corrected chi connectivity index (χ2v) is 10.1. The maximum atomic E-state index is 12.9. The van der Waals surface area contributed by atoms with Gasteiger partial charge in [0.15, 0.2) is 5.09 Å². The van der Waals surface area contributed by atoms with Gasteiger partial charge in [0, 0.05) is 20.9 Å². The molecule has 0 saturated heterocycles. The Bertz CT molecular complexity index is 1290. The van der Waals surface area contributed by atoms with Gasteiger partial charge in [-0.25, -0.2) is 4.79 Å². The number of fused-ring (bicyclic) bond motifs is 1. The summed E-state index contributed by atoms with van der Waals surface area (Å²) in [6.07, 6.45) is 5.06. The van der Waals surface area contributed by atoms with E-state index >= 15 is 0 Å². The number of ether oxygens (including phenoxy) is 1. The van der Waals surface area contributed by atoms with E-state index in [9.17, 15) is 14.9 Å². The first kappa shape index (κ1) is 24.1. The van der Waals surface area contributed by atoms with E-state index in [4.69, 9.17) is 20.8 Å². The summed E-state index contributed by atoms with van der Waals surface area (Å²) in [7, 11) is 0. The summed E-state index contributed by atoms with van der Waals surface area (Å²) >= 11 is 8.70. The number of hydrogen-bond acceptors (Lipinski definition) is 7. The molecule has 0 fully saturated rings. The molecule has 1 amide bonds. The van der Waals surface area contributed by atoms with Gasteiger partial charge in [-0.1, -0.05) is 23.4 Å². The summed E-state index contributed by atoms with van der Waals surface area (Å²) in [5.74, 6) is -0.677. The van der Waals surface area contributed by atoms with Crippen LogP contribution < -0.4 is 5.32 Å². The first-order valence-electron chi connectivity index (χ1n) is 10.8. The average molecular weight is 513 g/mol. The Hall–Kier alpha value is -2.99. The maximum absolute atomic E-state index is 12.9. The summed E-state index contributed by atoms with van der Waals surface area (Å²) in [4.78, 5) is 27.6. The highest BCUT2D eigenvalue weighted by Gasteiger charge is 2.27. The molecular formula is C25H21ClN2O4S2. The number of nitrogens with one attached hydrogen (secondary N) is 1. The Kier molecular flexibility index (Phi) is 7.78. The summed E-state index contributed by atoms with van der Waals surface area (Å²) in [6.45, 7) is 1.99. The monoisotopic (exact) mass is 512 g/mol. The number of nitrogens with zero attached hydrogens (tertiary/aromatic N) is 1. The molecule has 1 aliphatic carbocycles. The van der Waals surface area contributed by atoms with Crippen molar-refractivity contribution in [3.63, 3.8) is 0 Å². The molecule has 2 aromatic heterocycles. The number of esters is 1. The fourth-order valence-corrected chi connectivity index (χ4v) is 5.80. The lowest BCUT2D eigenvalue weighted by atomic mass is 9.95. The Morgan fingerprint density at radius 3 is 2.74 bits per heavy atom. The standard InChI is InChI=1S/C25H21ClN2O4S2/c1-2-31-25(30)22-19-5-3-4-6-20(19)34-24(22)28-23(29)15(14-27)13-17-9-12-21(32-17)33-18-10-7-16(26)8-11-18/h7-13H,2-6H2,1H3,(H,28,29). The number of nitriles is 1. The maximum Gasteiger partial charge on any atom is 0.341 e. The zero-order valence-corrected chi connectivity index (χ0v) is 20.7. The number of carbonyl (C=O) groups is 2. The predicted octanol–water partition coefficient (Wildman–Crippen LogP) is 6.75. The van der Waals surface area contributed by atoms with Crippen molar-refractivity contribution < 1.29 is 18.7 Å². The largest absolute Gasteiger partial charge is 0.462 e. The number of thiophene rings is 1. The van der Waals surface area contributed by atoms with E-state index < -0.39 is 11.9 Å². The molecule has 2 heterocycles. The van der Waals surface area contributed by atoms with Crippen LogP contribution in [0.2, 0.25) is 5.02 Å². The lowest BCUT2D eigenvalue weighted by Crippen LogP contribution is -2.16. The van der Waals surface area contributed by atoms with Crippen molar-refractivity contribution in [2.75, 3.05) is 11.9 Å². The number of benzene rings is 1. The molecule has 1 aromatic carbocycles. The molecule has 0 saturated carbocycles. The van der Waals surface area contributed by atoms with Crippen molar-refractivity contribution in [1.29, 1.82) is 5.26 Å². The van der Waals surface area contributed by atoms with Crippen molar-refractivity contribution in [1.82, 2.24) is 0 Å². The number of carbonyl (C=O) groups excluding carboxylic acids is 2. The minimum absolute atomic E-state index is 0.126. The molecule has 0 bridgehead atoms. The molecule has 6 nitrogen and oxygen atoms in total. The van der Waals surface area contributed by atoms with Crippen LogP contribution in [0.25, 0.3) is 6.08 Å². The molecule has 3 aromatic rings. The molecule has 1 aliphatic rings. The first-order chi connectivity index (χ1) is 16.5. The fraction of sp³-hybridized carbons (Fsp3) is 0.240. The second-order valence-electron chi connectivity index (χ2n) is 7.47. The van der Waals surface area contributed by atoms with Crippen LogP contribution in [0.5, 0.6) is 0 Å². The van der Waals surface area contributed by atoms with Gasteiger partial charge < -0.3 is 14.5 Å². The Morgan fingerprint density at radius 1 is 1.24 bits per heavy atom. The topological polar surface area (TPSA) is 92.3 Å². The Morgan fingerprint density at radius 2 is 2.00 bits per heavy atom. The van der Waals surface area contributed by atoms with Crippen LogP contribution in [0.4, 0.5) is 5.00 Å². The third-order valence-corrected chi connectivity index (χ3v) is 7.55. The molecule has 0 atom stereocenters. The van der Waals surface area contributed by atoms with Crippen molar-refractivity contribution in [2.24, 2.45) is 0 Å². The molecular weight excluding hydrogens is 492 g/mol. The number of hydrogen-bond donors (Lipinski definition) is 1. The number of halogens is 1. The lowest BCUT2D eigenvalue weighted by Gasteiger charge is -2.12. The van der Waals surface area contributed by atoms with Crippen molar-refractivity contribution in [3.8, 4) is 6.07 Å². The average Bonchev–Trinajstić information content (AvgIpc) is 3.42. The molecule has 34 heavy (non-hydrogen) atoms. The van der Waals surface area contributed by atoms with Crippen LogP contribution in [0, 0.1) is 11.3 Å². The zero-order chi connectivity index (χ0) is 24.1. The van der Waals surface area contributed by atoms with Gasteiger partial charge in [-0.3, -0.25) is 4.79 Å². The minimum Gasteiger partial charge on any atom is -0.462 e. The third-order valence-electron chi connectivity index (χ3n) is 5.16. The predicted molar refractivity (Wildman–Crippen MR) is 133 cm³/mol. The van der Waals surface area contributed by atoms with Gasteiger partial charge in [0.2, 0.25) is 0 Å². The number of anilines is 1. The highest BCUT2D eigenvalue weighted by Crippen LogP contribution is 2.39. The summed E-state index contributed by atoms with van der Waals surface area (Å²) in [6, 6.07) is 12.7. The van der Waals surface area contributed by atoms with Crippen LogP contribution in [0.1, 0.15) is 46.3 Å². The van der Waals surface area contributed by atoms with Crippen LogP contribution in [0.15, 0.2) is 56.4 Å². The molecule has 174 valence electrons. The van der Waals surface area contributed by atoms with Crippen molar-refractivity contribution >= 4 is 57.7 Å². The number of amides is 1. The minimum atomic E-state index is -0.602. The van der Waals surface area contributed by atoms with Crippen LogP contribution in [-0.4, -0.2) is 18.5 Å². The first-order valence-corrected chi connectivity index (χ1v) is 12.8. The van der Waals surface area contributed by atoms with E-state index in [0.29, 0.717) is 26.4 Å². The Labute approximate surface area is 210 Å². The summed E-state index contributed by atoms with van der Waals surface area (Å²) < 4.78 is 11.0. The smallest absolute Gasteiger partial charge is 0.341 e. The Balaban J connectivity index is 1.53. The van der Waals surface area contributed by atoms with Crippen LogP contribution in [0.3, 0.4) is 0 Å². The number of furan rings is 1. The number of rotatable bonds is 7. The van der Waals surface area contributed by atoms with E-state index in [1.807, 2.05) is 18.2 Å². The molecule has 9 heteroatoms. The summed E-state index contributed by atoms with van der Waals surface area (Å²) in [5.41, 5.74) is 1.23. The molecule has 0 radical (unpaired) electrons. The van der Waals surface area contributed by atoms with E-state index in [1.165, 1.54) is 29.2 Å². The van der Waals surface area contributed by atoms with Gasteiger partial charge in [0.25, 0.3) is 5.91 Å². The van der Waals surface area contributed by atoms with E-state index in [-0.39, 0.29) is 12.2 Å². The quantitative estimate of drug-likeness (QED) is 0.214. The highest BCUT2D eigenvalue weighted by molar-refractivity contribution is 7.99. The van der Waals surface area contributed by atoms with Crippen LogP contribution in [-0.2, 0) is 22.4 Å². The van der Waals surface area contributed by atoms with Gasteiger partial charge in [0.05, 0.1) is 12.2 Å². The summed E-state index contributed by atoms with van der Waals surface area (Å²) in [5, 5.41) is 14.0. The van der Waals surface area contributed by atoms with Crippen LogP contribution >= 0.6 is 34.7 Å². The van der Waals surface area contributed by atoms with E-state index in [2.05, 4.69) is 5.32 Å². The van der Waals surface area contributed by atoms with Gasteiger partial charge in [0.1, 0.15) is 22.4 Å². The normalized spacial score (nSPS) is 13.1. The fourth-order valence-electron chi connectivity index (χ4n) is 3.62. The van der Waals surface area contributed by atoms with Gasteiger partial charge in [-0.05, 0) is 74.6 Å². The third kappa shape index (κ3) is 5.55. The molecule has 0 spiro atoms. The van der Waals surface area contributed by atoms with E-state index in [0.717, 1.165) is 41.0 Å². The van der Waals surface area contributed by atoms with Gasteiger partial charge in [-0.2, -0.15) is 5.26 Å². The molecule has 0 unspecified atom stereocenters. The highest BCUT2D eigenvalue weighted by atomic mass is 35.5. The molecule has 0 aliphatic heterocycles. The van der Waals surface area contributed by atoms with Crippen molar-refractivity contribution in [3.05, 3.63) is 68.8 Å².